The number of carbonyl (C=O) groups is 1. The summed E-state index contributed by atoms with van der Waals surface area (Å²) in [6, 6.07) is 11.5. The number of thiophene rings is 1. The predicted molar refractivity (Wildman–Crippen MR) is 105 cm³/mol. The number of likely N-dealkylation sites (N-methyl/N-ethyl adjacent to an activating group) is 1. The van der Waals surface area contributed by atoms with Crippen molar-refractivity contribution in [1.29, 1.82) is 0 Å². The van der Waals surface area contributed by atoms with E-state index in [2.05, 4.69) is 21.4 Å². The molecule has 136 valence electrons. The maximum Gasteiger partial charge on any atom is 0.257 e. The number of carbonyl (C=O) groups excluding carboxylic acids is 1. The number of halogens is 1. The van der Waals surface area contributed by atoms with Crippen LogP contribution in [0.2, 0.25) is 5.02 Å². The summed E-state index contributed by atoms with van der Waals surface area (Å²) in [5.74, 6) is 0.247. The largest absolute Gasteiger partial charge is 0.360 e. The smallest absolute Gasteiger partial charge is 0.257 e. The first kappa shape index (κ1) is 18.6. The Labute approximate surface area is 161 Å². The molecule has 0 aliphatic rings. The molecule has 0 saturated heterocycles. The summed E-state index contributed by atoms with van der Waals surface area (Å²) in [4.78, 5) is 16.1. The summed E-state index contributed by atoms with van der Waals surface area (Å²) < 4.78 is 5.27. The molecule has 26 heavy (non-hydrogen) atoms. The van der Waals surface area contributed by atoms with Gasteiger partial charge < -0.3 is 14.7 Å². The highest BCUT2D eigenvalue weighted by Gasteiger charge is 2.24. The summed E-state index contributed by atoms with van der Waals surface area (Å²) in [6.07, 6.45) is 0. The van der Waals surface area contributed by atoms with Crippen LogP contribution in [0.1, 0.15) is 27.0 Å². The number of aromatic nitrogens is 1. The van der Waals surface area contributed by atoms with E-state index in [4.69, 9.17) is 16.1 Å². The predicted octanol–water partition coefficient (Wildman–Crippen LogP) is 4.40. The van der Waals surface area contributed by atoms with E-state index in [1.54, 1.807) is 24.3 Å². The number of aryl methyl sites for hydroxylation is 1. The van der Waals surface area contributed by atoms with Crippen LogP contribution < -0.4 is 5.32 Å². The molecule has 0 spiro atoms. The molecule has 1 amide bonds. The topological polar surface area (TPSA) is 58.4 Å². The second kappa shape index (κ2) is 8.03. The highest BCUT2D eigenvalue weighted by atomic mass is 35.5. The quantitative estimate of drug-likeness (QED) is 0.678. The van der Waals surface area contributed by atoms with Gasteiger partial charge in [-0.1, -0.05) is 41.0 Å². The summed E-state index contributed by atoms with van der Waals surface area (Å²) >= 11 is 7.93. The van der Waals surface area contributed by atoms with Gasteiger partial charge in [-0.3, -0.25) is 4.79 Å². The van der Waals surface area contributed by atoms with Crippen molar-refractivity contribution < 1.29 is 9.32 Å². The third-order valence-electron chi connectivity index (χ3n) is 4.17. The minimum atomic E-state index is -0.220. The number of nitrogens with zero attached hydrogens (tertiary/aromatic N) is 2. The van der Waals surface area contributed by atoms with Gasteiger partial charge in [0, 0.05) is 17.0 Å². The van der Waals surface area contributed by atoms with Crippen molar-refractivity contribution in [2.75, 3.05) is 20.6 Å². The molecular weight excluding hydrogens is 370 g/mol. The van der Waals surface area contributed by atoms with E-state index in [1.165, 1.54) is 4.88 Å². The molecule has 0 aliphatic heterocycles. The summed E-state index contributed by atoms with van der Waals surface area (Å²) in [5.41, 5.74) is 1.56. The molecule has 7 heteroatoms. The van der Waals surface area contributed by atoms with E-state index in [0.29, 0.717) is 34.1 Å². The fraction of sp³-hybridized carbons (Fsp3) is 0.263. The first-order valence-corrected chi connectivity index (χ1v) is 9.44. The molecule has 3 aromatic rings. The van der Waals surface area contributed by atoms with E-state index in [9.17, 15) is 4.79 Å². The molecule has 1 aromatic carbocycles. The molecule has 1 atom stereocenters. The van der Waals surface area contributed by atoms with E-state index >= 15 is 0 Å². The van der Waals surface area contributed by atoms with E-state index in [-0.39, 0.29) is 11.9 Å². The standard InChI is InChI=1S/C19H20ClN3O2S/c1-12-17(18(22-25-12)13-7-4-5-8-14(13)20)19(24)21-11-15(23(2)3)16-9-6-10-26-16/h4-10,15H,11H2,1-3H3,(H,21,24). The van der Waals surface area contributed by atoms with Crippen LogP contribution in [-0.4, -0.2) is 36.6 Å². The molecule has 1 N–H and O–H groups in total. The molecule has 0 radical (unpaired) electrons. The van der Waals surface area contributed by atoms with Gasteiger partial charge in [0.25, 0.3) is 5.91 Å². The lowest BCUT2D eigenvalue weighted by molar-refractivity contribution is 0.0941. The second-order valence-corrected chi connectivity index (χ2v) is 7.53. The van der Waals surface area contributed by atoms with Gasteiger partial charge in [0.15, 0.2) is 0 Å². The van der Waals surface area contributed by atoms with Crippen molar-refractivity contribution in [2.45, 2.75) is 13.0 Å². The third kappa shape index (κ3) is 3.82. The lowest BCUT2D eigenvalue weighted by atomic mass is 10.1. The zero-order valence-corrected chi connectivity index (χ0v) is 16.4. The Morgan fingerprint density at radius 3 is 2.73 bits per heavy atom. The normalized spacial score (nSPS) is 12.3. The van der Waals surface area contributed by atoms with Gasteiger partial charge >= 0.3 is 0 Å². The van der Waals surface area contributed by atoms with Gasteiger partial charge in [-0.2, -0.15) is 0 Å². The molecule has 5 nitrogen and oxygen atoms in total. The SMILES string of the molecule is Cc1onc(-c2ccccc2Cl)c1C(=O)NCC(c1cccs1)N(C)C. The average molecular weight is 390 g/mol. The van der Waals surface area contributed by atoms with Gasteiger partial charge in [0.05, 0.1) is 11.1 Å². The second-order valence-electron chi connectivity index (χ2n) is 6.15. The lowest BCUT2D eigenvalue weighted by Crippen LogP contribution is -2.34. The van der Waals surface area contributed by atoms with Crippen LogP contribution in [0.25, 0.3) is 11.3 Å². The van der Waals surface area contributed by atoms with Gasteiger partial charge in [0.1, 0.15) is 17.0 Å². The molecule has 0 saturated carbocycles. The monoisotopic (exact) mass is 389 g/mol. The highest BCUT2D eigenvalue weighted by molar-refractivity contribution is 7.10. The van der Waals surface area contributed by atoms with Crippen molar-refractivity contribution in [1.82, 2.24) is 15.4 Å². The molecule has 0 fully saturated rings. The van der Waals surface area contributed by atoms with Gasteiger partial charge in [-0.05, 0) is 38.5 Å². The zero-order chi connectivity index (χ0) is 18.7. The van der Waals surface area contributed by atoms with Crippen LogP contribution in [0.4, 0.5) is 0 Å². The van der Waals surface area contributed by atoms with Gasteiger partial charge in [-0.15, -0.1) is 11.3 Å². The van der Waals surface area contributed by atoms with Crippen LogP contribution in [0.5, 0.6) is 0 Å². The Bertz CT molecular complexity index is 890. The van der Waals surface area contributed by atoms with Crippen molar-refractivity contribution in [3.05, 3.63) is 63.0 Å². The minimum Gasteiger partial charge on any atom is -0.360 e. The van der Waals surface area contributed by atoms with Crippen LogP contribution in [0, 0.1) is 6.92 Å². The molecule has 3 rings (SSSR count). The zero-order valence-electron chi connectivity index (χ0n) is 14.8. The fourth-order valence-corrected chi connectivity index (χ4v) is 3.92. The van der Waals surface area contributed by atoms with Crippen LogP contribution >= 0.6 is 22.9 Å². The van der Waals surface area contributed by atoms with Crippen molar-refractivity contribution >= 4 is 28.8 Å². The third-order valence-corrected chi connectivity index (χ3v) is 5.47. The number of hydrogen-bond donors (Lipinski definition) is 1. The molecule has 1 unspecified atom stereocenters. The van der Waals surface area contributed by atoms with Gasteiger partial charge in [0.2, 0.25) is 0 Å². The number of nitrogens with one attached hydrogen (secondary N) is 1. The minimum absolute atomic E-state index is 0.0999. The molecule has 2 heterocycles. The molecular formula is C19H20ClN3O2S. The highest BCUT2D eigenvalue weighted by Crippen LogP contribution is 2.31. The number of amides is 1. The van der Waals surface area contributed by atoms with Gasteiger partial charge in [-0.25, -0.2) is 0 Å². The fourth-order valence-electron chi connectivity index (χ4n) is 2.77. The maximum absolute atomic E-state index is 12.9. The Hall–Kier alpha value is -2.15. The molecule has 0 aliphatic carbocycles. The average Bonchev–Trinajstić information content (AvgIpc) is 3.25. The Morgan fingerprint density at radius 1 is 1.31 bits per heavy atom. The van der Waals surface area contributed by atoms with Crippen LogP contribution in [-0.2, 0) is 0 Å². The van der Waals surface area contributed by atoms with E-state index in [0.717, 1.165) is 0 Å². The van der Waals surface area contributed by atoms with Crippen molar-refractivity contribution in [2.24, 2.45) is 0 Å². The summed E-state index contributed by atoms with van der Waals surface area (Å²) in [5, 5.41) is 9.62. The first-order chi connectivity index (χ1) is 12.5. The Balaban J connectivity index is 1.83. The molecule has 2 aromatic heterocycles. The maximum atomic E-state index is 12.9. The lowest BCUT2D eigenvalue weighted by Gasteiger charge is -2.23. The van der Waals surface area contributed by atoms with Crippen LogP contribution in [0.3, 0.4) is 0 Å². The van der Waals surface area contributed by atoms with E-state index < -0.39 is 0 Å². The van der Waals surface area contributed by atoms with E-state index in [1.807, 2.05) is 43.7 Å². The Kier molecular flexibility index (Phi) is 5.76. The molecule has 0 bridgehead atoms. The number of rotatable bonds is 6. The van der Waals surface area contributed by atoms with Crippen molar-refractivity contribution in [3.8, 4) is 11.3 Å². The number of benzene rings is 1. The summed E-state index contributed by atoms with van der Waals surface area (Å²) in [6.45, 7) is 2.21. The van der Waals surface area contributed by atoms with Crippen molar-refractivity contribution in [3.63, 3.8) is 0 Å². The number of hydrogen-bond acceptors (Lipinski definition) is 5. The summed E-state index contributed by atoms with van der Waals surface area (Å²) in [7, 11) is 3.99. The Morgan fingerprint density at radius 2 is 2.08 bits per heavy atom. The van der Waals surface area contributed by atoms with Crippen LogP contribution in [0.15, 0.2) is 46.3 Å². The first-order valence-electron chi connectivity index (χ1n) is 8.18.